The summed E-state index contributed by atoms with van der Waals surface area (Å²) in [6, 6.07) is 12.9. The molecular weight excluding hydrogens is 424 g/mol. The number of thiazole rings is 1. The predicted molar refractivity (Wildman–Crippen MR) is 122 cm³/mol. The van der Waals surface area contributed by atoms with Crippen molar-refractivity contribution in [3.63, 3.8) is 0 Å². The number of carbonyl (C=O) groups is 1. The number of rotatable bonds is 5. The Morgan fingerprint density at radius 1 is 1.12 bits per heavy atom. The van der Waals surface area contributed by atoms with Gasteiger partial charge in [-0.1, -0.05) is 18.2 Å². The maximum atomic E-state index is 12.5. The zero-order chi connectivity index (χ0) is 22.1. The lowest BCUT2D eigenvalue weighted by Crippen LogP contribution is -2.36. The summed E-state index contributed by atoms with van der Waals surface area (Å²) in [5, 5.41) is 16.8. The zero-order valence-electron chi connectivity index (χ0n) is 17.3. The highest BCUT2D eigenvalue weighted by molar-refractivity contribution is 7.13. The molecule has 1 fully saturated rings. The molecule has 8 nitrogen and oxygen atoms in total. The van der Waals surface area contributed by atoms with Crippen LogP contribution >= 0.6 is 11.3 Å². The van der Waals surface area contributed by atoms with E-state index in [9.17, 15) is 9.90 Å². The van der Waals surface area contributed by atoms with Crippen molar-refractivity contribution in [3.8, 4) is 22.0 Å². The van der Waals surface area contributed by atoms with Crippen molar-refractivity contribution in [1.29, 1.82) is 0 Å². The summed E-state index contributed by atoms with van der Waals surface area (Å²) >= 11 is 1.48. The largest absolute Gasteiger partial charge is 0.375 e. The maximum Gasteiger partial charge on any atom is 0.258 e. The van der Waals surface area contributed by atoms with Gasteiger partial charge in [0.05, 0.1) is 17.6 Å². The summed E-state index contributed by atoms with van der Waals surface area (Å²) in [6.45, 7) is 0.532. The van der Waals surface area contributed by atoms with Crippen LogP contribution in [0, 0.1) is 0 Å². The van der Waals surface area contributed by atoms with Gasteiger partial charge in [-0.15, -0.1) is 11.3 Å². The Morgan fingerprint density at radius 3 is 2.81 bits per heavy atom. The van der Waals surface area contributed by atoms with Gasteiger partial charge in [0.15, 0.2) is 5.60 Å². The fourth-order valence-electron chi connectivity index (χ4n) is 3.68. The van der Waals surface area contributed by atoms with E-state index in [2.05, 4.69) is 20.3 Å². The van der Waals surface area contributed by atoms with Gasteiger partial charge in [-0.25, -0.2) is 15.0 Å². The quantitative estimate of drug-likeness (QED) is 0.486. The van der Waals surface area contributed by atoms with Crippen LogP contribution in [0.15, 0.2) is 66.4 Å². The minimum Gasteiger partial charge on any atom is -0.375 e. The Morgan fingerprint density at radius 2 is 2.03 bits per heavy atom. The van der Waals surface area contributed by atoms with Gasteiger partial charge in [0, 0.05) is 43.4 Å². The summed E-state index contributed by atoms with van der Waals surface area (Å²) in [6.07, 6.45) is 5.46. The summed E-state index contributed by atoms with van der Waals surface area (Å²) < 4.78 is 0. The van der Waals surface area contributed by atoms with Crippen molar-refractivity contribution < 1.29 is 9.90 Å². The number of likely N-dealkylation sites (tertiary alicyclic amines) is 1. The Balaban J connectivity index is 1.41. The molecule has 5 rings (SSSR count). The summed E-state index contributed by atoms with van der Waals surface area (Å²) in [5.41, 5.74) is 2.16. The number of carbonyl (C=O) groups excluding carboxylic acids is 1. The van der Waals surface area contributed by atoms with Crippen LogP contribution in [0.1, 0.15) is 12.0 Å². The van der Waals surface area contributed by atoms with Crippen LogP contribution in [0.25, 0.3) is 22.0 Å². The molecule has 0 saturated carbocycles. The number of anilines is 2. The van der Waals surface area contributed by atoms with E-state index < -0.39 is 5.60 Å². The van der Waals surface area contributed by atoms with Crippen LogP contribution < -0.4 is 5.32 Å². The first kappa shape index (κ1) is 20.2. The number of aliphatic hydroxyl groups is 1. The molecule has 1 amide bonds. The second kappa shape index (κ2) is 8.10. The van der Waals surface area contributed by atoms with E-state index in [1.165, 1.54) is 11.3 Å². The normalized spacial score (nSPS) is 18.2. The third-order valence-corrected chi connectivity index (χ3v) is 6.33. The van der Waals surface area contributed by atoms with Crippen LogP contribution in [0.5, 0.6) is 0 Å². The number of likely N-dealkylation sites (N-methyl/N-ethyl adjacent to an activating group) is 1. The number of nitrogens with zero attached hydrogens (tertiary/aromatic N) is 5. The van der Waals surface area contributed by atoms with Gasteiger partial charge in [-0.05, 0) is 29.8 Å². The number of pyridine rings is 1. The van der Waals surface area contributed by atoms with E-state index in [-0.39, 0.29) is 5.91 Å². The molecule has 4 aromatic rings. The van der Waals surface area contributed by atoms with E-state index >= 15 is 0 Å². The molecule has 1 aliphatic heterocycles. The zero-order valence-corrected chi connectivity index (χ0v) is 18.1. The fraction of sp³-hybridized carbons (Fsp3) is 0.174. The topological polar surface area (TPSA) is 104 Å². The van der Waals surface area contributed by atoms with Crippen molar-refractivity contribution in [3.05, 3.63) is 72.0 Å². The lowest BCUT2D eigenvalue weighted by molar-refractivity contribution is -0.143. The smallest absolute Gasteiger partial charge is 0.258 e. The molecule has 1 atom stereocenters. The molecule has 1 saturated heterocycles. The van der Waals surface area contributed by atoms with Crippen LogP contribution in [0.2, 0.25) is 0 Å². The van der Waals surface area contributed by atoms with Crippen LogP contribution in [-0.4, -0.2) is 49.4 Å². The van der Waals surface area contributed by atoms with Gasteiger partial charge >= 0.3 is 0 Å². The molecule has 2 N–H and O–H groups in total. The van der Waals surface area contributed by atoms with Gasteiger partial charge in [-0.3, -0.25) is 9.78 Å². The number of benzene rings is 1. The molecule has 9 heteroatoms. The van der Waals surface area contributed by atoms with Gasteiger partial charge in [0.1, 0.15) is 10.7 Å². The standard InChI is InChI=1S/C23H20N6O2S/c1-29-11-8-23(31,21(29)30)16-5-2-4-15(12-16)20-27-19(14-32-20)18-7-10-25-22(28-18)26-17-6-3-9-24-13-17/h2-7,9-10,12-14,31H,8,11H2,1H3,(H,25,26,28). The van der Waals surface area contributed by atoms with Crippen molar-refractivity contribution >= 4 is 28.9 Å². The van der Waals surface area contributed by atoms with Gasteiger partial charge in [0.2, 0.25) is 5.95 Å². The van der Waals surface area contributed by atoms with E-state index in [1.54, 1.807) is 42.7 Å². The number of hydrogen-bond donors (Lipinski definition) is 2. The molecule has 0 bridgehead atoms. The van der Waals surface area contributed by atoms with E-state index in [0.29, 0.717) is 30.2 Å². The first-order chi connectivity index (χ1) is 15.5. The SMILES string of the molecule is CN1CCC(O)(c2cccc(-c3nc(-c4ccnc(Nc5cccnc5)n4)cs3)c2)C1=O. The Kier molecular flexibility index (Phi) is 5.12. The lowest BCUT2D eigenvalue weighted by atomic mass is 9.91. The highest BCUT2D eigenvalue weighted by atomic mass is 32.1. The van der Waals surface area contributed by atoms with E-state index in [0.717, 1.165) is 22.0 Å². The molecule has 1 aromatic carbocycles. The Labute approximate surface area is 188 Å². The number of nitrogens with one attached hydrogen (secondary N) is 1. The molecule has 4 heterocycles. The Hall–Kier alpha value is -3.69. The van der Waals surface area contributed by atoms with Crippen molar-refractivity contribution in [1.82, 2.24) is 24.8 Å². The molecular formula is C23H20N6O2S. The van der Waals surface area contributed by atoms with Gasteiger partial charge in [-0.2, -0.15) is 0 Å². The molecule has 1 unspecified atom stereocenters. The highest BCUT2D eigenvalue weighted by Crippen LogP contribution is 2.36. The molecule has 0 spiro atoms. The third-order valence-electron chi connectivity index (χ3n) is 5.44. The predicted octanol–water partition coefficient (Wildman–Crippen LogP) is 3.46. The monoisotopic (exact) mass is 444 g/mol. The minimum absolute atomic E-state index is 0.274. The molecule has 3 aromatic heterocycles. The number of hydrogen-bond acceptors (Lipinski definition) is 8. The number of amides is 1. The summed E-state index contributed by atoms with van der Waals surface area (Å²) in [7, 11) is 1.70. The summed E-state index contributed by atoms with van der Waals surface area (Å²) in [4.78, 5) is 31.7. The molecule has 0 radical (unpaired) electrons. The molecule has 0 aliphatic carbocycles. The van der Waals surface area contributed by atoms with E-state index in [4.69, 9.17) is 4.98 Å². The van der Waals surface area contributed by atoms with Gasteiger partial charge < -0.3 is 15.3 Å². The first-order valence-electron chi connectivity index (χ1n) is 10.1. The minimum atomic E-state index is -1.48. The maximum absolute atomic E-state index is 12.5. The van der Waals surface area contributed by atoms with Crippen LogP contribution in [0.3, 0.4) is 0 Å². The third kappa shape index (κ3) is 3.72. The molecule has 160 valence electrons. The second-order valence-corrected chi connectivity index (χ2v) is 8.45. The summed E-state index contributed by atoms with van der Waals surface area (Å²) in [5.74, 6) is 0.183. The highest BCUT2D eigenvalue weighted by Gasteiger charge is 2.45. The molecule has 32 heavy (non-hydrogen) atoms. The van der Waals surface area contributed by atoms with Crippen molar-refractivity contribution in [2.75, 3.05) is 18.9 Å². The average molecular weight is 445 g/mol. The van der Waals surface area contributed by atoms with Gasteiger partial charge in [0.25, 0.3) is 5.91 Å². The fourth-order valence-corrected chi connectivity index (χ4v) is 4.49. The van der Waals surface area contributed by atoms with Crippen LogP contribution in [-0.2, 0) is 10.4 Å². The molecule has 1 aliphatic rings. The van der Waals surface area contributed by atoms with Crippen LogP contribution in [0.4, 0.5) is 11.6 Å². The lowest BCUT2D eigenvalue weighted by Gasteiger charge is -2.21. The van der Waals surface area contributed by atoms with Crippen molar-refractivity contribution in [2.24, 2.45) is 0 Å². The number of aromatic nitrogens is 4. The van der Waals surface area contributed by atoms with Crippen molar-refractivity contribution in [2.45, 2.75) is 12.0 Å². The Bertz CT molecular complexity index is 1280. The first-order valence-corrected chi connectivity index (χ1v) is 11.0. The second-order valence-electron chi connectivity index (χ2n) is 7.59. The average Bonchev–Trinajstić information content (AvgIpc) is 3.42. The van der Waals surface area contributed by atoms with E-state index in [1.807, 2.05) is 35.7 Å².